The summed E-state index contributed by atoms with van der Waals surface area (Å²) in [4.78, 5) is 29.1. The van der Waals surface area contributed by atoms with Gasteiger partial charge in [0, 0.05) is 43.5 Å². The highest BCUT2D eigenvalue weighted by Gasteiger charge is 2.28. The number of ether oxygens (including phenoxy) is 2. The number of piperazine rings is 1. The van der Waals surface area contributed by atoms with E-state index in [1.54, 1.807) is 18.2 Å². The second-order valence-electron chi connectivity index (χ2n) is 6.93. The molecule has 146 valence electrons. The zero-order chi connectivity index (χ0) is 19.5. The van der Waals surface area contributed by atoms with Gasteiger partial charge in [-0.15, -0.1) is 0 Å². The summed E-state index contributed by atoms with van der Waals surface area (Å²) >= 11 is 0. The Morgan fingerprint density at radius 3 is 2.43 bits per heavy atom. The van der Waals surface area contributed by atoms with Gasteiger partial charge >= 0.3 is 0 Å². The Morgan fingerprint density at radius 2 is 1.68 bits per heavy atom. The molecule has 7 nitrogen and oxygen atoms in total. The lowest BCUT2D eigenvalue weighted by Crippen LogP contribution is -2.54. The van der Waals surface area contributed by atoms with Crippen molar-refractivity contribution in [3.05, 3.63) is 54.1 Å². The molecule has 0 saturated carbocycles. The van der Waals surface area contributed by atoms with E-state index in [0.29, 0.717) is 48.9 Å². The molecule has 2 amide bonds. The summed E-state index contributed by atoms with van der Waals surface area (Å²) in [6.45, 7) is 4.62. The Labute approximate surface area is 163 Å². The molecule has 0 bridgehead atoms. The lowest BCUT2D eigenvalue weighted by atomic mass is 10.1. The van der Waals surface area contributed by atoms with Crippen molar-refractivity contribution in [2.75, 3.05) is 38.3 Å². The summed E-state index contributed by atoms with van der Waals surface area (Å²) in [7, 11) is 0. The number of rotatable bonds is 4. The fourth-order valence-corrected chi connectivity index (χ4v) is 3.46. The first kappa shape index (κ1) is 18.3. The summed E-state index contributed by atoms with van der Waals surface area (Å²) in [6, 6.07) is 14.4. The number of fused-ring (bicyclic) bond motifs is 1. The number of carbonyl (C=O) groups is 2. The average molecular weight is 381 g/mol. The summed E-state index contributed by atoms with van der Waals surface area (Å²) in [5.41, 5.74) is 1.38. The van der Waals surface area contributed by atoms with Crippen LogP contribution in [-0.2, 0) is 4.79 Å². The predicted octanol–water partition coefficient (Wildman–Crippen LogP) is 2.20. The molecular weight excluding hydrogens is 358 g/mol. The second kappa shape index (κ2) is 7.90. The van der Waals surface area contributed by atoms with Crippen LogP contribution in [0.3, 0.4) is 0 Å². The summed E-state index contributed by atoms with van der Waals surface area (Å²) < 4.78 is 10.6. The molecule has 1 atom stereocenters. The van der Waals surface area contributed by atoms with Crippen LogP contribution in [0, 0.1) is 0 Å². The predicted molar refractivity (Wildman–Crippen MR) is 105 cm³/mol. The van der Waals surface area contributed by atoms with E-state index < -0.39 is 0 Å². The lowest BCUT2D eigenvalue weighted by molar-refractivity contribution is -0.121. The number of nitrogens with one attached hydrogen (secondary N) is 1. The highest BCUT2D eigenvalue weighted by molar-refractivity contribution is 5.95. The Kier molecular flexibility index (Phi) is 5.16. The number of amides is 2. The molecule has 2 heterocycles. The summed E-state index contributed by atoms with van der Waals surface area (Å²) in [5.74, 6) is 1.28. The van der Waals surface area contributed by atoms with Gasteiger partial charge in [-0.2, -0.15) is 0 Å². The third-order valence-electron chi connectivity index (χ3n) is 5.19. The summed E-state index contributed by atoms with van der Waals surface area (Å²) in [5, 5.41) is 2.93. The molecular formula is C21H23N3O4. The van der Waals surface area contributed by atoms with Gasteiger partial charge in [-0.3, -0.25) is 14.5 Å². The van der Waals surface area contributed by atoms with Crippen LogP contribution in [0.15, 0.2) is 48.5 Å². The third kappa shape index (κ3) is 3.80. The number of anilines is 1. The maximum Gasteiger partial charge on any atom is 0.253 e. The third-order valence-corrected chi connectivity index (χ3v) is 5.19. The van der Waals surface area contributed by atoms with Crippen molar-refractivity contribution in [1.29, 1.82) is 0 Å². The molecule has 2 aliphatic heterocycles. The van der Waals surface area contributed by atoms with Crippen molar-refractivity contribution in [2.24, 2.45) is 0 Å². The van der Waals surface area contributed by atoms with Crippen molar-refractivity contribution < 1.29 is 19.1 Å². The van der Waals surface area contributed by atoms with Crippen molar-refractivity contribution >= 4 is 17.5 Å². The molecule has 0 aliphatic carbocycles. The van der Waals surface area contributed by atoms with Crippen LogP contribution < -0.4 is 14.8 Å². The van der Waals surface area contributed by atoms with Crippen LogP contribution in [0.4, 0.5) is 5.69 Å². The lowest BCUT2D eigenvalue weighted by Gasteiger charge is -2.37. The Hall–Kier alpha value is -3.06. The van der Waals surface area contributed by atoms with Crippen LogP contribution in [0.25, 0.3) is 0 Å². The SMILES string of the molecule is C[C@H](C(=O)Nc1ccc2c(c1)OCO2)N1CCN(C(=O)c2ccccc2)CC1. The number of nitrogens with zero attached hydrogens (tertiary/aromatic N) is 2. The van der Waals surface area contributed by atoms with E-state index >= 15 is 0 Å². The first-order valence-corrected chi connectivity index (χ1v) is 9.41. The van der Waals surface area contributed by atoms with E-state index in [1.807, 2.05) is 42.2 Å². The Balaban J connectivity index is 1.31. The minimum Gasteiger partial charge on any atom is -0.454 e. The molecule has 2 aromatic rings. The van der Waals surface area contributed by atoms with Crippen molar-refractivity contribution in [1.82, 2.24) is 9.80 Å². The molecule has 1 saturated heterocycles. The highest BCUT2D eigenvalue weighted by atomic mass is 16.7. The molecule has 2 aliphatic rings. The van der Waals surface area contributed by atoms with E-state index in [1.165, 1.54) is 0 Å². The first-order chi connectivity index (χ1) is 13.6. The number of carbonyl (C=O) groups excluding carboxylic acids is 2. The number of benzene rings is 2. The van der Waals surface area contributed by atoms with Gasteiger partial charge in [-0.25, -0.2) is 0 Å². The molecule has 1 fully saturated rings. The molecule has 0 aromatic heterocycles. The molecule has 7 heteroatoms. The van der Waals surface area contributed by atoms with Gasteiger partial charge in [-0.05, 0) is 31.2 Å². The van der Waals surface area contributed by atoms with Crippen molar-refractivity contribution in [3.63, 3.8) is 0 Å². The van der Waals surface area contributed by atoms with Crippen LogP contribution in [-0.4, -0.2) is 60.6 Å². The van der Waals surface area contributed by atoms with Crippen LogP contribution in [0.2, 0.25) is 0 Å². The topological polar surface area (TPSA) is 71.1 Å². The molecule has 0 spiro atoms. The van der Waals surface area contributed by atoms with Gasteiger partial charge in [0.25, 0.3) is 5.91 Å². The van der Waals surface area contributed by atoms with Gasteiger partial charge in [0.2, 0.25) is 12.7 Å². The zero-order valence-corrected chi connectivity index (χ0v) is 15.8. The van der Waals surface area contributed by atoms with Crippen LogP contribution >= 0.6 is 0 Å². The molecule has 0 unspecified atom stereocenters. The second-order valence-corrected chi connectivity index (χ2v) is 6.93. The fraction of sp³-hybridized carbons (Fsp3) is 0.333. The maximum absolute atomic E-state index is 12.6. The van der Waals surface area contributed by atoms with E-state index in [9.17, 15) is 9.59 Å². The van der Waals surface area contributed by atoms with Crippen LogP contribution in [0.5, 0.6) is 11.5 Å². The van der Waals surface area contributed by atoms with Crippen molar-refractivity contribution in [3.8, 4) is 11.5 Å². The monoisotopic (exact) mass is 381 g/mol. The minimum atomic E-state index is -0.292. The number of hydrogen-bond donors (Lipinski definition) is 1. The quantitative estimate of drug-likeness (QED) is 0.879. The molecule has 28 heavy (non-hydrogen) atoms. The van der Waals surface area contributed by atoms with E-state index in [2.05, 4.69) is 10.2 Å². The van der Waals surface area contributed by atoms with Crippen LogP contribution in [0.1, 0.15) is 17.3 Å². The van der Waals surface area contributed by atoms with E-state index in [-0.39, 0.29) is 24.6 Å². The zero-order valence-electron chi connectivity index (χ0n) is 15.8. The van der Waals surface area contributed by atoms with E-state index in [0.717, 1.165) is 0 Å². The number of hydrogen-bond acceptors (Lipinski definition) is 5. The normalized spacial score (nSPS) is 17.2. The molecule has 0 radical (unpaired) electrons. The van der Waals surface area contributed by atoms with Gasteiger partial charge in [-0.1, -0.05) is 18.2 Å². The summed E-state index contributed by atoms with van der Waals surface area (Å²) in [6.07, 6.45) is 0. The van der Waals surface area contributed by atoms with Gasteiger partial charge in [0.15, 0.2) is 11.5 Å². The fourth-order valence-electron chi connectivity index (χ4n) is 3.46. The average Bonchev–Trinajstić information content (AvgIpc) is 3.21. The van der Waals surface area contributed by atoms with Gasteiger partial charge < -0.3 is 19.7 Å². The maximum atomic E-state index is 12.6. The van der Waals surface area contributed by atoms with Gasteiger partial charge in [0.1, 0.15) is 0 Å². The smallest absolute Gasteiger partial charge is 0.253 e. The van der Waals surface area contributed by atoms with Gasteiger partial charge in [0.05, 0.1) is 6.04 Å². The van der Waals surface area contributed by atoms with E-state index in [4.69, 9.17) is 9.47 Å². The standard InChI is InChI=1S/C21H23N3O4/c1-15(20(25)22-17-7-8-18-19(13-17)28-14-27-18)23-9-11-24(12-10-23)21(26)16-5-3-2-4-6-16/h2-8,13,15H,9-12,14H2,1H3,(H,22,25)/t15-/m1/s1. The molecule has 2 aromatic carbocycles. The first-order valence-electron chi connectivity index (χ1n) is 9.41. The Morgan fingerprint density at radius 1 is 0.964 bits per heavy atom. The molecule has 1 N–H and O–H groups in total. The Bertz CT molecular complexity index is 863. The minimum absolute atomic E-state index is 0.0396. The van der Waals surface area contributed by atoms with Crippen molar-refractivity contribution in [2.45, 2.75) is 13.0 Å². The largest absolute Gasteiger partial charge is 0.454 e. The molecule has 4 rings (SSSR count). The highest BCUT2D eigenvalue weighted by Crippen LogP contribution is 2.34.